The molecule has 0 spiro atoms. The van der Waals surface area contributed by atoms with E-state index in [0.29, 0.717) is 46.6 Å². The largest absolute Gasteiger partial charge is 0.372 e. The average molecular weight is 816 g/mol. The van der Waals surface area contributed by atoms with Crippen LogP contribution in [-0.2, 0) is 4.79 Å². The summed E-state index contributed by atoms with van der Waals surface area (Å²) < 4.78 is 2.22. The lowest BCUT2D eigenvalue weighted by Crippen LogP contribution is -2.50. The third-order valence-electron chi connectivity index (χ3n) is 12.1. The quantitative estimate of drug-likeness (QED) is 0.224. The molecule has 6 heterocycles. The van der Waals surface area contributed by atoms with Crippen molar-refractivity contribution in [2.45, 2.75) is 75.9 Å². The highest BCUT2D eigenvalue weighted by atomic mass is 35.5. The predicted octanol–water partition coefficient (Wildman–Crippen LogP) is 5.35. The van der Waals surface area contributed by atoms with Crippen molar-refractivity contribution < 1.29 is 14.4 Å². The normalized spacial score (nSPS) is 21.1. The van der Waals surface area contributed by atoms with Gasteiger partial charge in [-0.2, -0.15) is 5.26 Å². The second-order valence-corrected chi connectivity index (χ2v) is 15.9. The van der Waals surface area contributed by atoms with Gasteiger partial charge in [0, 0.05) is 82.7 Å². The standard InChI is InChI=1S/C40H47ClN12O3.ClH/c1-49(31-5-2-27(23-42)33(41)22-31)29-6-3-28(4-7-29)45-39(55)34-8-9-35(48-47-34)51-18-10-26(11-19-51)24-50-16-12-30(13-17-50)52-20-14-32-37(52)43-25-44-38(32)53-21-15-36(54)46-40(53)56;/h2,5,8-9,14,20,22,25-26,28-30H,3-4,6-7,10-13,15-19,21,24H2,1H3,(H,45,55)(H,46,54,56);1H. The number of benzene rings is 1. The van der Waals surface area contributed by atoms with Crippen molar-refractivity contribution in [2.75, 3.05) is 61.0 Å². The lowest BCUT2D eigenvalue weighted by molar-refractivity contribution is -0.120. The Hall–Kier alpha value is -5.04. The van der Waals surface area contributed by atoms with Crippen LogP contribution in [0.1, 0.15) is 79.9 Å². The van der Waals surface area contributed by atoms with Crippen LogP contribution in [0.25, 0.3) is 11.0 Å². The van der Waals surface area contributed by atoms with Gasteiger partial charge in [-0.15, -0.1) is 22.6 Å². The maximum absolute atomic E-state index is 13.1. The van der Waals surface area contributed by atoms with E-state index in [0.717, 1.165) is 107 Å². The molecule has 0 atom stereocenters. The lowest BCUT2D eigenvalue weighted by atomic mass is 9.90. The molecule has 4 aromatic rings. The zero-order valence-corrected chi connectivity index (χ0v) is 33.6. The molecular formula is C40H48Cl2N12O3. The van der Waals surface area contributed by atoms with Crippen molar-refractivity contribution in [1.82, 2.24) is 40.3 Å². The molecule has 3 aromatic heterocycles. The number of rotatable bonds is 9. The zero-order chi connectivity index (χ0) is 38.8. The van der Waals surface area contributed by atoms with Crippen LogP contribution in [0.2, 0.25) is 5.02 Å². The van der Waals surface area contributed by atoms with Gasteiger partial charge in [0.05, 0.1) is 16.0 Å². The van der Waals surface area contributed by atoms with E-state index in [4.69, 9.17) is 11.6 Å². The molecule has 4 aliphatic rings. The van der Waals surface area contributed by atoms with Crippen molar-refractivity contribution in [2.24, 2.45) is 5.92 Å². The summed E-state index contributed by atoms with van der Waals surface area (Å²) in [5, 5.41) is 24.8. The maximum Gasteiger partial charge on any atom is 0.329 e. The Bertz CT molecular complexity index is 2120. The van der Waals surface area contributed by atoms with Crippen LogP contribution < -0.4 is 25.3 Å². The van der Waals surface area contributed by atoms with Crippen LogP contribution in [0.3, 0.4) is 0 Å². The Morgan fingerprint density at radius 3 is 2.42 bits per heavy atom. The first-order valence-corrected chi connectivity index (χ1v) is 20.1. The maximum atomic E-state index is 13.1. The molecule has 3 aliphatic heterocycles. The van der Waals surface area contributed by atoms with Gasteiger partial charge >= 0.3 is 6.03 Å². The van der Waals surface area contributed by atoms with Crippen molar-refractivity contribution in [3.8, 4) is 6.07 Å². The fraction of sp³-hybridized carbons (Fsp3) is 0.500. The van der Waals surface area contributed by atoms with E-state index < -0.39 is 6.03 Å². The third kappa shape index (κ3) is 8.78. The molecule has 2 N–H and O–H groups in total. The minimum absolute atomic E-state index is 0. The second kappa shape index (κ2) is 17.6. The molecule has 0 unspecified atom stereocenters. The van der Waals surface area contributed by atoms with Crippen LogP contribution in [0, 0.1) is 17.2 Å². The minimum Gasteiger partial charge on any atom is -0.372 e. The molecule has 57 heavy (non-hydrogen) atoms. The van der Waals surface area contributed by atoms with Gasteiger partial charge in [-0.1, -0.05) is 11.6 Å². The number of fused-ring (bicyclic) bond motifs is 1. The van der Waals surface area contributed by atoms with E-state index in [2.05, 4.69) is 69.4 Å². The fourth-order valence-electron chi connectivity index (χ4n) is 8.83. The summed E-state index contributed by atoms with van der Waals surface area (Å²) in [4.78, 5) is 54.8. The number of likely N-dealkylation sites (tertiary alicyclic amines) is 1. The second-order valence-electron chi connectivity index (χ2n) is 15.5. The highest BCUT2D eigenvalue weighted by Gasteiger charge is 2.31. The van der Waals surface area contributed by atoms with E-state index >= 15 is 0 Å². The van der Waals surface area contributed by atoms with E-state index in [-0.39, 0.29) is 36.7 Å². The minimum atomic E-state index is -0.442. The van der Waals surface area contributed by atoms with Gasteiger partial charge in [0.15, 0.2) is 11.5 Å². The van der Waals surface area contributed by atoms with Crippen molar-refractivity contribution in [3.05, 3.63) is 65.2 Å². The van der Waals surface area contributed by atoms with Crippen molar-refractivity contribution >= 4 is 70.2 Å². The number of amides is 4. The van der Waals surface area contributed by atoms with E-state index in [9.17, 15) is 19.6 Å². The summed E-state index contributed by atoms with van der Waals surface area (Å²) in [7, 11) is 2.05. The van der Waals surface area contributed by atoms with Crippen molar-refractivity contribution in [3.63, 3.8) is 0 Å². The Balaban J connectivity index is 0.00000496. The molecule has 4 amide bonds. The number of halogens is 2. The molecule has 4 fully saturated rings. The Kier molecular flexibility index (Phi) is 12.4. The van der Waals surface area contributed by atoms with Crippen LogP contribution in [-0.4, -0.2) is 106 Å². The summed E-state index contributed by atoms with van der Waals surface area (Å²) in [6, 6.07) is 13.6. The highest BCUT2D eigenvalue weighted by Crippen LogP contribution is 2.33. The fourth-order valence-corrected chi connectivity index (χ4v) is 9.05. The first-order chi connectivity index (χ1) is 27.2. The summed E-state index contributed by atoms with van der Waals surface area (Å²) in [5.41, 5.74) is 2.62. The molecule has 17 heteroatoms. The molecule has 300 valence electrons. The number of aromatic nitrogens is 5. The Labute approximate surface area is 343 Å². The van der Waals surface area contributed by atoms with Gasteiger partial charge in [0.1, 0.15) is 23.9 Å². The summed E-state index contributed by atoms with van der Waals surface area (Å²) in [5.74, 6) is 1.52. The number of carbonyl (C=O) groups is 3. The summed E-state index contributed by atoms with van der Waals surface area (Å²) in [6.07, 6.45) is 11.6. The van der Waals surface area contributed by atoms with E-state index in [1.54, 1.807) is 12.1 Å². The number of nitrogens with one attached hydrogen (secondary N) is 2. The molecule has 15 nitrogen and oxygen atoms in total. The van der Waals surface area contributed by atoms with Gasteiger partial charge in [0.2, 0.25) is 5.91 Å². The first-order valence-electron chi connectivity index (χ1n) is 19.7. The molecule has 1 aliphatic carbocycles. The van der Waals surface area contributed by atoms with Crippen LogP contribution in [0.4, 0.5) is 22.1 Å². The predicted molar refractivity (Wildman–Crippen MR) is 220 cm³/mol. The number of carbonyl (C=O) groups excluding carboxylic acids is 3. The number of nitrogens with zero attached hydrogens (tertiary/aromatic N) is 10. The molecule has 0 radical (unpaired) electrons. The summed E-state index contributed by atoms with van der Waals surface area (Å²) >= 11 is 6.27. The SMILES string of the molecule is CN(c1ccc(C#N)c(Cl)c1)C1CCC(NC(=O)c2ccc(N3CCC(CN4CCC(n5ccc6c(N7CCC(=O)NC7=O)ncnc65)CC4)CC3)nn2)CC1.Cl. The van der Waals surface area contributed by atoms with Gasteiger partial charge in [0.25, 0.3) is 5.91 Å². The smallest absolute Gasteiger partial charge is 0.329 e. The Morgan fingerprint density at radius 2 is 1.74 bits per heavy atom. The monoisotopic (exact) mass is 814 g/mol. The number of nitriles is 1. The molecule has 3 saturated heterocycles. The van der Waals surface area contributed by atoms with Crippen molar-refractivity contribution in [1.29, 1.82) is 5.26 Å². The highest BCUT2D eigenvalue weighted by molar-refractivity contribution is 6.32. The number of hydrogen-bond acceptors (Lipinski definition) is 11. The van der Waals surface area contributed by atoms with Gasteiger partial charge in [-0.3, -0.25) is 19.8 Å². The van der Waals surface area contributed by atoms with Gasteiger partial charge < -0.3 is 24.6 Å². The third-order valence-corrected chi connectivity index (χ3v) is 12.5. The summed E-state index contributed by atoms with van der Waals surface area (Å²) in [6.45, 7) is 5.23. The molecule has 0 bridgehead atoms. The number of hydrogen-bond donors (Lipinski definition) is 2. The van der Waals surface area contributed by atoms with Gasteiger partial charge in [-0.05, 0) is 93.7 Å². The number of imide groups is 1. The van der Waals surface area contributed by atoms with Crippen LogP contribution in [0.15, 0.2) is 48.9 Å². The molecule has 8 rings (SSSR count). The number of piperidine rings is 2. The van der Waals surface area contributed by atoms with Crippen LogP contribution in [0.5, 0.6) is 0 Å². The molecule has 1 saturated carbocycles. The molecule has 1 aromatic carbocycles. The van der Waals surface area contributed by atoms with E-state index in [1.165, 1.54) is 11.2 Å². The Morgan fingerprint density at radius 1 is 0.965 bits per heavy atom. The lowest BCUT2D eigenvalue weighted by Gasteiger charge is -2.38. The van der Waals surface area contributed by atoms with Gasteiger partial charge in [-0.25, -0.2) is 14.8 Å². The molecular weight excluding hydrogens is 767 g/mol. The first kappa shape index (κ1) is 40.2. The topological polar surface area (TPSA) is 169 Å². The number of urea groups is 1. The average Bonchev–Trinajstić information content (AvgIpc) is 3.66. The number of anilines is 3. The van der Waals surface area contributed by atoms with E-state index in [1.807, 2.05) is 24.3 Å². The van der Waals surface area contributed by atoms with Crippen LogP contribution >= 0.6 is 24.0 Å². The zero-order valence-electron chi connectivity index (χ0n) is 32.0.